The van der Waals surface area contributed by atoms with Gasteiger partial charge in [-0.1, -0.05) is 0 Å². The van der Waals surface area contributed by atoms with Gasteiger partial charge in [0.05, 0.1) is 0 Å². The second-order valence-electron chi connectivity index (χ2n) is 3.52. The number of rotatable bonds is 4. The number of halogens is 1. The van der Waals surface area contributed by atoms with E-state index in [4.69, 9.17) is 5.11 Å². The number of carboxylic acid groups (broad SMARTS) is 1. The summed E-state index contributed by atoms with van der Waals surface area (Å²) in [5.74, 6) is -0.792. The summed E-state index contributed by atoms with van der Waals surface area (Å²) in [6, 6.07) is 1.67. The lowest BCUT2D eigenvalue weighted by molar-refractivity contribution is -0.142. The van der Waals surface area contributed by atoms with Crippen LogP contribution in [-0.4, -0.2) is 29.1 Å². The smallest absolute Gasteiger partial charge is 0.320 e. The molecule has 1 aromatic heterocycles. The van der Waals surface area contributed by atoms with E-state index in [1.165, 1.54) is 0 Å². The zero-order chi connectivity index (χ0) is 11.6. The zero-order valence-electron chi connectivity index (χ0n) is 8.90. The number of aliphatic carboxylic acids is 1. The van der Waals surface area contributed by atoms with Crippen LogP contribution in [0.5, 0.6) is 0 Å². The minimum absolute atomic E-state index is 0.118. The third-order valence-electron chi connectivity index (χ3n) is 2.58. The van der Waals surface area contributed by atoms with Crippen molar-refractivity contribution < 1.29 is 9.90 Å². The van der Waals surface area contributed by atoms with Crippen LogP contribution in [0.2, 0.25) is 0 Å². The van der Waals surface area contributed by atoms with Crippen molar-refractivity contribution in [2.45, 2.75) is 25.9 Å². The molecular weight excluding hydrogens is 278 g/mol. The van der Waals surface area contributed by atoms with E-state index in [0.717, 1.165) is 9.35 Å². The van der Waals surface area contributed by atoms with Crippen LogP contribution in [0.1, 0.15) is 24.8 Å². The van der Waals surface area contributed by atoms with E-state index < -0.39 is 12.0 Å². The van der Waals surface area contributed by atoms with Crippen LogP contribution in [0.15, 0.2) is 15.9 Å². The Morgan fingerprint density at radius 1 is 1.60 bits per heavy atom. The lowest BCUT2D eigenvalue weighted by Gasteiger charge is -2.27. The van der Waals surface area contributed by atoms with E-state index in [1.54, 1.807) is 18.3 Å². The first-order valence-corrected chi connectivity index (χ1v) is 6.29. The second kappa shape index (κ2) is 5.09. The van der Waals surface area contributed by atoms with Crippen LogP contribution in [0.3, 0.4) is 0 Å². The standard InChI is InChI=1S/C10H14BrNO2S/c1-6(9-4-8(11)5-15-9)12(3)7(2)10(13)14/h4-7H,1-3H3,(H,13,14). The molecule has 0 saturated carbocycles. The van der Waals surface area contributed by atoms with Gasteiger partial charge in [-0.05, 0) is 42.9 Å². The third kappa shape index (κ3) is 3.03. The van der Waals surface area contributed by atoms with Gasteiger partial charge < -0.3 is 5.11 Å². The Kier molecular flexibility index (Phi) is 4.31. The molecule has 3 nitrogen and oxygen atoms in total. The van der Waals surface area contributed by atoms with Gasteiger partial charge in [-0.25, -0.2) is 0 Å². The zero-order valence-corrected chi connectivity index (χ0v) is 11.3. The summed E-state index contributed by atoms with van der Waals surface area (Å²) in [6.45, 7) is 3.71. The Morgan fingerprint density at radius 2 is 2.20 bits per heavy atom. The summed E-state index contributed by atoms with van der Waals surface area (Å²) >= 11 is 5.02. The number of hydrogen-bond acceptors (Lipinski definition) is 3. The van der Waals surface area contributed by atoms with Crippen molar-refractivity contribution in [3.05, 3.63) is 20.8 Å². The molecule has 0 aliphatic rings. The first-order chi connectivity index (χ1) is 6.93. The van der Waals surface area contributed by atoms with Crippen molar-refractivity contribution in [1.29, 1.82) is 0 Å². The summed E-state index contributed by atoms with van der Waals surface area (Å²) in [7, 11) is 1.83. The van der Waals surface area contributed by atoms with Crippen molar-refractivity contribution in [3.8, 4) is 0 Å². The predicted octanol–water partition coefficient (Wildman–Crippen LogP) is 2.98. The maximum Gasteiger partial charge on any atom is 0.320 e. The molecule has 1 aromatic rings. The highest BCUT2D eigenvalue weighted by atomic mass is 79.9. The number of carbonyl (C=O) groups is 1. The van der Waals surface area contributed by atoms with Gasteiger partial charge in [-0.3, -0.25) is 9.69 Å². The van der Waals surface area contributed by atoms with E-state index in [1.807, 2.05) is 30.3 Å². The quantitative estimate of drug-likeness (QED) is 0.927. The fourth-order valence-electron chi connectivity index (χ4n) is 1.26. The average molecular weight is 292 g/mol. The number of hydrogen-bond donors (Lipinski definition) is 1. The normalized spacial score (nSPS) is 15.3. The molecule has 15 heavy (non-hydrogen) atoms. The van der Waals surface area contributed by atoms with Gasteiger partial charge in [0, 0.05) is 20.8 Å². The molecule has 5 heteroatoms. The maximum atomic E-state index is 10.8. The Balaban J connectivity index is 2.76. The van der Waals surface area contributed by atoms with E-state index in [9.17, 15) is 4.79 Å². The molecule has 2 unspecified atom stereocenters. The summed E-state index contributed by atoms with van der Waals surface area (Å²) < 4.78 is 1.05. The van der Waals surface area contributed by atoms with Crippen LogP contribution in [0, 0.1) is 0 Å². The first kappa shape index (κ1) is 12.7. The molecule has 0 aliphatic heterocycles. The number of thiophene rings is 1. The molecule has 0 radical (unpaired) electrons. The third-order valence-corrected chi connectivity index (χ3v) is 4.44. The fraction of sp³-hybridized carbons (Fsp3) is 0.500. The van der Waals surface area contributed by atoms with Gasteiger partial charge >= 0.3 is 5.97 Å². The van der Waals surface area contributed by atoms with Crippen molar-refractivity contribution >= 4 is 33.2 Å². The van der Waals surface area contributed by atoms with Gasteiger partial charge in [0.25, 0.3) is 0 Å². The number of nitrogens with zero attached hydrogens (tertiary/aromatic N) is 1. The first-order valence-electron chi connectivity index (χ1n) is 4.62. The molecule has 0 amide bonds. The molecule has 2 atom stereocenters. The lowest BCUT2D eigenvalue weighted by Crippen LogP contribution is -2.37. The molecule has 0 saturated heterocycles. The van der Waals surface area contributed by atoms with Gasteiger partial charge in [0.2, 0.25) is 0 Å². The van der Waals surface area contributed by atoms with E-state index in [0.29, 0.717) is 0 Å². The van der Waals surface area contributed by atoms with Crippen molar-refractivity contribution in [2.75, 3.05) is 7.05 Å². The Morgan fingerprint density at radius 3 is 2.60 bits per heavy atom. The summed E-state index contributed by atoms with van der Waals surface area (Å²) in [6.07, 6.45) is 0. The molecule has 1 rings (SSSR count). The lowest BCUT2D eigenvalue weighted by atomic mass is 10.2. The molecule has 0 aliphatic carbocycles. The monoisotopic (exact) mass is 291 g/mol. The largest absolute Gasteiger partial charge is 0.480 e. The van der Waals surface area contributed by atoms with Crippen LogP contribution in [0.4, 0.5) is 0 Å². The molecule has 0 aromatic carbocycles. The SMILES string of the molecule is CC(C(=O)O)N(C)C(C)c1cc(Br)cs1. The van der Waals surface area contributed by atoms with Gasteiger partial charge in [-0.15, -0.1) is 11.3 Å². The van der Waals surface area contributed by atoms with Gasteiger partial charge in [-0.2, -0.15) is 0 Å². The van der Waals surface area contributed by atoms with Crippen molar-refractivity contribution in [1.82, 2.24) is 4.90 Å². The highest BCUT2D eigenvalue weighted by Gasteiger charge is 2.23. The molecule has 1 N–H and O–H groups in total. The highest BCUT2D eigenvalue weighted by Crippen LogP contribution is 2.29. The van der Waals surface area contributed by atoms with Crippen LogP contribution < -0.4 is 0 Å². The van der Waals surface area contributed by atoms with Crippen molar-refractivity contribution in [2.24, 2.45) is 0 Å². The topological polar surface area (TPSA) is 40.5 Å². The van der Waals surface area contributed by atoms with Crippen molar-refractivity contribution in [3.63, 3.8) is 0 Å². The second-order valence-corrected chi connectivity index (χ2v) is 5.38. The molecule has 84 valence electrons. The predicted molar refractivity (Wildman–Crippen MR) is 65.3 cm³/mol. The molecule has 1 heterocycles. The van der Waals surface area contributed by atoms with E-state index >= 15 is 0 Å². The molecule has 0 fully saturated rings. The van der Waals surface area contributed by atoms with Crippen LogP contribution in [-0.2, 0) is 4.79 Å². The summed E-state index contributed by atoms with van der Waals surface area (Å²) in [4.78, 5) is 13.8. The molecular formula is C10H14BrNO2S. The number of carboxylic acids is 1. The Labute approximate surface area is 102 Å². The minimum atomic E-state index is -0.792. The highest BCUT2D eigenvalue weighted by molar-refractivity contribution is 9.10. The molecule has 0 spiro atoms. The average Bonchev–Trinajstić information content (AvgIpc) is 2.61. The Hall–Kier alpha value is -0.390. The minimum Gasteiger partial charge on any atom is -0.480 e. The van der Waals surface area contributed by atoms with E-state index in [2.05, 4.69) is 15.9 Å². The van der Waals surface area contributed by atoms with Crippen LogP contribution >= 0.6 is 27.3 Å². The Bertz CT molecular complexity index is 353. The number of likely N-dealkylation sites (N-methyl/N-ethyl adjacent to an activating group) is 1. The summed E-state index contributed by atoms with van der Waals surface area (Å²) in [5.41, 5.74) is 0. The summed E-state index contributed by atoms with van der Waals surface area (Å²) in [5, 5.41) is 10.9. The van der Waals surface area contributed by atoms with Crippen LogP contribution in [0.25, 0.3) is 0 Å². The maximum absolute atomic E-state index is 10.8. The van der Waals surface area contributed by atoms with Gasteiger partial charge in [0.1, 0.15) is 6.04 Å². The molecule has 0 bridgehead atoms. The van der Waals surface area contributed by atoms with Gasteiger partial charge in [0.15, 0.2) is 0 Å². The fourth-order valence-corrected chi connectivity index (χ4v) is 2.81. The van der Waals surface area contributed by atoms with E-state index in [-0.39, 0.29) is 6.04 Å².